The molecule has 2 amide bonds. The SMILES string of the molecule is N#Cc1ccc(N2CC(NC(=O)Cc3cc(Cl)ccc3Cl)CC2=O)cc1. The van der Waals surface area contributed by atoms with Crippen molar-refractivity contribution in [1.29, 1.82) is 5.26 Å². The Bertz CT molecular complexity index is 891. The first kappa shape index (κ1) is 18.2. The third-order valence-corrected chi connectivity index (χ3v) is 4.76. The maximum Gasteiger partial charge on any atom is 0.229 e. The summed E-state index contributed by atoms with van der Waals surface area (Å²) in [6.07, 6.45) is 0.329. The molecule has 3 rings (SSSR count). The fourth-order valence-corrected chi connectivity index (χ4v) is 3.28. The van der Waals surface area contributed by atoms with Crippen LogP contribution in [0.15, 0.2) is 42.5 Å². The maximum atomic E-state index is 12.3. The van der Waals surface area contributed by atoms with Gasteiger partial charge in [0.2, 0.25) is 11.8 Å². The van der Waals surface area contributed by atoms with E-state index >= 15 is 0 Å². The van der Waals surface area contributed by atoms with Crippen molar-refractivity contribution in [3.8, 4) is 6.07 Å². The molecule has 2 aromatic carbocycles. The van der Waals surface area contributed by atoms with Gasteiger partial charge in [0, 0.05) is 28.7 Å². The highest BCUT2D eigenvalue weighted by Gasteiger charge is 2.31. The molecule has 1 aliphatic heterocycles. The van der Waals surface area contributed by atoms with Gasteiger partial charge in [0.1, 0.15) is 0 Å². The van der Waals surface area contributed by atoms with Crippen LogP contribution >= 0.6 is 23.2 Å². The molecule has 0 bridgehead atoms. The van der Waals surface area contributed by atoms with Gasteiger partial charge in [-0.15, -0.1) is 0 Å². The predicted molar refractivity (Wildman–Crippen MR) is 100 cm³/mol. The van der Waals surface area contributed by atoms with Gasteiger partial charge in [-0.2, -0.15) is 5.26 Å². The molecule has 0 saturated carbocycles. The number of carbonyl (C=O) groups excluding carboxylic acids is 2. The molecule has 1 aliphatic rings. The van der Waals surface area contributed by atoms with Crippen LogP contribution in [0, 0.1) is 11.3 Å². The summed E-state index contributed by atoms with van der Waals surface area (Å²) < 4.78 is 0. The van der Waals surface area contributed by atoms with E-state index in [2.05, 4.69) is 5.32 Å². The van der Waals surface area contributed by atoms with Gasteiger partial charge in [0.25, 0.3) is 0 Å². The minimum absolute atomic E-state index is 0.0687. The molecule has 0 aromatic heterocycles. The molecule has 0 radical (unpaired) electrons. The smallest absolute Gasteiger partial charge is 0.229 e. The zero-order chi connectivity index (χ0) is 18.7. The molecular weight excluding hydrogens is 373 g/mol. The van der Waals surface area contributed by atoms with E-state index in [0.717, 1.165) is 0 Å². The molecule has 1 fully saturated rings. The molecule has 132 valence electrons. The predicted octanol–water partition coefficient (Wildman–Crippen LogP) is 3.33. The molecule has 1 unspecified atom stereocenters. The first-order valence-corrected chi connectivity index (χ1v) is 8.75. The van der Waals surface area contributed by atoms with Crippen LogP contribution in [-0.4, -0.2) is 24.4 Å². The lowest BCUT2D eigenvalue weighted by Gasteiger charge is -2.17. The summed E-state index contributed by atoms with van der Waals surface area (Å²) in [5, 5.41) is 12.7. The van der Waals surface area contributed by atoms with E-state index in [1.807, 2.05) is 6.07 Å². The van der Waals surface area contributed by atoms with Crippen molar-refractivity contribution >= 4 is 40.7 Å². The Morgan fingerprint density at radius 1 is 1.23 bits per heavy atom. The van der Waals surface area contributed by atoms with Gasteiger partial charge in [0.05, 0.1) is 24.1 Å². The Kier molecular flexibility index (Phi) is 5.46. The average molecular weight is 388 g/mol. The fraction of sp³-hybridized carbons (Fsp3) is 0.211. The fourth-order valence-electron chi connectivity index (χ4n) is 2.90. The topological polar surface area (TPSA) is 73.2 Å². The van der Waals surface area contributed by atoms with Crippen LogP contribution in [0.3, 0.4) is 0 Å². The van der Waals surface area contributed by atoms with E-state index in [-0.39, 0.29) is 30.7 Å². The van der Waals surface area contributed by atoms with Crippen molar-refractivity contribution in [2.45, 2.75) is 18.9 Å². The van der Waals surface area contributed by atoms with Gasteiger partial charge in [-0.3, -0.25) is 9.59 Å². The third kappa shape index (κ3) is 4.16. The van der Waals surface area contributed by atoms with Crippen LogP contribution < -0.4 is 10.2 Å². The van der Waals surface area contributed by atoms with E-state index < -0.39 is 0 Å². The van der Waals surface area contributed by atoms with Crippen molar-refractivity contribution in [2.75, 3.05) is 11.4 Å². The quantitative estimate of drug-likeness (QED) is 0.873. The highest BCUT2D eigenvalue weighted by Crippen LogP contribution is 2.23. The number of nitrogens with one attached hydrogen (secondary N) is 1. The monoisotopic (exact) mass is 387 g/mol. The molecule has 0 spiro atoms. The summed E-state index contributed by atoms with van der Waals surface area (Å²) in [4.78, 5) is 26.1. The molecule has 7 heteroatoms. The Morgan fingerprint density at radius 3 is 2.65 bits per heavy atom. The summed E-state index contributed by atoms with van der Waals surface area (Å²) in [6, 6.07) is 13.5. The lowest BCUT2D eigenvalue weighted by atomic mass is 10.1. The van der Waals surface area contributed by atoms with Crippen molar-refractivity contribution in [3.05, 3.63) is 63.6 Å². The van der Waals surface area contributed by atoms with Gasteiger partial charge in [0.15, 0.2) is 0 Å². The Balaban J connectivity index is 1.62. The van der Waals surface area contributed by atoms with Crippen molar-refractivity contribution in [2.24, 2.45) is 0 Å². The van der Waals surface area contributed by atoms with E-state index in [1.54, 1.807) is 47.4 Å². The molecular formula is C19H15Cl2N3O2. The lowest BCUT2D eigenvalue weighted by Crippen LogP contribution is -2.38. The van der Waals surface area contributed by atoms with Crippen LogP contribution in [0.25, 0.3) is 0 Å². The van der Waals surface area contributed by atoms with Crippen LogP contribution in [0.4, 0.5) is 5.69 Å². The van der Waals surface area contributed by atoms with Crippen molar-refractivity contribution in [1.82, 2.24) is 5.32 Å². The van der Waals surface area contributed by atoms with Crippen LogP contribution in [0.1, 0.15) is 17.5 Å². The van der Waals surface area contributed by atoms with E-state index in [9.17, 15) is 9.59 Å². The first-order chi connectivity index (χ1) is 12.5. The molecule has 2 aromatic rings. The van der Waals surface area contributed by atoms with Crippen molar-refractivity contribution in [3.63, 3.8) is 0 Å². The summed E-state index contributed by atoms with van der Waals surface area (Å²) >= 11 is 12.0. The van der Waals surface area contributed by atoms with Gasteiger partial charge in [-0.05, 0) is 48.0 Å². The largest absolute Gasteiger partial charge is 0.351 e. The highest BCUT2D eigenvalue weighted by atomic mass is 35.5. The molecule has 1 heterocycles. The summed E-state index contributed by atoms with van der Waals surface area (Å²) in [7, 11) is 0. The molecule has 26 heavy (non-hydrogen) atoms. The first-order valence-electron chi connectivity index (χ1n) is 8.00. The van der Waals surface area contributed by atoms with E-state index in [0.29, 0.717) is 33.4 Å². The number of amides is 2. The number of anilines is 1. The Hall–Kier alpha value is -2.55. The second-order valence-electron chi connectivity index (χ2n) is 6.04. The number of hydrogen-bond acceptors (Lipinski definition) is 3. The van der Waals surface area contributed by atoms with Crippen LogP contribution in [0.2, 0.25) is 10.0 Å². The summed E-state index contributed by atoms with van der Waals surface area (Å²) in [5.74, 6) is -0.283. The third-order valence-electron chi connectivity index (χ3n) is 4.16. The number of rotatable bonds is 4. The number of nitrogens with zero attached hydrogens (tertiary/aromatic N) is 2. The lowest BCUT2D eigenvalue weighted by molar-refractivity contribution is -0.121. The number of halogens is 2. The molecule has 1 atom stereocenters. The van der Waals surface area contributed by atoms with Gasteiger partial charge in [-0.25, -0.2) is 0 Å². The van der Waals surface area contributed by atoms with Gasteiger partial charge >= 0.3 is 0 Å². The van der Waals surface area contributed by atoms with Crippen molar-refractivity contribution < 1.29 is 9.59 Å². The minimum atomic E-state index is -0.274. The second-order valence-corrected chi connectivity index (χ2v) is 6.89. The number of hydrogen-bond donors (Lipinski definition) is 1. The summed E-state index contributed by atoms with van der Waals surface area (Å²) in [5.41, 5.74) is 1.89. The van der Waals surface area contributed by atoms with E-state index in [1.165, 1.54) is 0 Å². The highest BCUT2D eigenvalue weighted by molar-refractivity contribution is 6.33. The standard InChI is InChI=1S/C19H15Cl2N3O2/c20-14-3-6-17(21)13(7-14)8-18(25)23-15-9-19(26)24(11-15)16-4-1-12(10-22)2-5-16/h1-7,15H,8-9,11H2,(H,23,25). The molecule has 0 aliphatic carbocycles. The zero-order valence-corrected chi connectivity index (χ0v) is 15.2. The Morgan fingerprint density at radius 2 is 1.96 bits per heavy atom. The average Bonchev–Trinajstić information content (AvgIpc) is 2.98. The van der Waals surface area contributed by atoms with Gasteiger partial charge in [-0.1, -0.05) is 23.2 Å². The molecule has 5 nitrogen and oxygen atoms in total. The van der Waals surface area contributed by atoms with E-state index in [4.69, 9.17) is 28.5 Å². The normalized spacial score (nSPS) is 16.4. The van der Waals surface area contributed by atoms with Crippen LogP contribution in [0.5, 0.6) is 0 Å². The minimum Gasteiger partial charge on any atom is -0.351 e. The number of nitriles is 1. The zero-order valence-electron chi connectivity index (χ0n) is 13.7. The maximum absolute atomic E-state index is 12.3. The number of benzene rings is 2. The molecule has 1 N–H and O–H groups in total. The molecule has 1 saturated heterocycles. The van der Waals surface area contributed by atoms with Gasteiger partial charge < -0.3 is 10.2 Å². The number of carbonyl (C=O) groups is 2. The van der Waals surface area contributed by atoms with Crippen LogP contribution in [-0.2, 0) is 16.0 Å². The second kappa shape index (κ2) is 7.77. The Labute approximate surface area is 161 Å². The summed E-state index contributed by atoms with van der Waals surface area (Å²) in [6.45, 7) is 0.389.